The van der Waals surface area contributed by atoms with Gasteiger partial charge in [0.25, 0.3) is 5.91 Å². The lowest BCUT2D eigenvalue weighted by Crippen LogP contribution is -2.36. The number of rotatable bonds is 4. The summed E-state index contributed by atoms with van der Waals surface area (Å²) in [6.45, 7) is 2.13. The quantitative estimate of drug-likeness (QED) is 0.501. The van der Waals surface area contributed by atoms with Gasteiger partial charge in [-0.3, -0.25) is 15.1 Å². The molecule has 3 rings (SSSR count). The van der Waals surface area contributed by atoms with Crippen LogP contribution in [0.4, 0.5) is 10.1 Å². The van der Waals surface area contributed by atoms with Gasteiger partial charge in [0.2, 0.25) is 5.96 Å². The van der Waals surface area contributed by atoms with Crippen LogP contribution >= 0.6 is 11.6 Å². The first-order valence-electron chi connectivity index (χ1n) is 8.56. The standard InChI is InChI=1S/C21H18ClFN4O/c1-14-18(22)6-4-7-19(14)26-21(25-13-17-5-2-3-12-24-17)27-20(28)15-8-10-16(23)11-9-15/h2-12H,13H2,1H3,(H2,25,26,27,28). The number of nitrogens with one attached hydrogen (secondary N) is 2. The predicted molar refractivity (Wildman–Crippen MR) is 109 cm³/mol. The number of aromatic nitrogens is 1. The lowest BCUT2D eigenvalue weighted by molar-refractivity contribution is 0.0977. The number of benzene rings is 2. The Morgan fingerprint density at radius 2 is 1.89 bits per heavy atom. The Hall–Kier alpha value is -3.25. The summed E-state index contributed by atoms with van der Waals surface area (Å²) in [5.74, 6) is -0.578. The minimum absolute atomic E-state index is 0.241. The monoisotopic (exact) mass is 396 g/mol. The highest BCUT2D eigenvalue weighted by Crippen LogP contribution is 2.22. The summed E-state index contributed by atoms with van der Waals surface area (Å²) in [6.07, 6.45) is 1.68. The van der Waals surface area contributed by atoms with E-state index in [1.807, 2.05) is 31.2 Å². The number of carbonyl (C=O) groups excluding carboxylic acids is 1. The van der Waals surface area contributed by atoms with E-state index in [2.05, 4.69) is 20.6 Å². The molecule has 142 valence electrons. The van der Waals surface area contributed by atoms with Gasteiger partial charge in [0.15, 0.2) is 0 Å². The third-order valence-corrected chi connectivity index (χ3v) is 4.39. The van der Waals surface area contributed by atoms with Crippen LogP contribution in [0, 0.1) is 12.7 Å². The molecule has 0 atom stereocenters. The molecule has 2 N–H and O–H groups in total. The van der Waals surface area contributed by atoms with E-state index in [-0.39, 0.29) is 12.5 Å². The zero-order valence-electron chi connectivity index (χ0n) is 15.1. The molecule has 0 aliphatic heterocycles. The van der Waals surface area contributed by atoms with Crippen LogP contribution in [0.2, 0.25) is 5.02 Å². The van der Waals surface area contributed by atoms with Crippen LogP contribution < -0.4 is 10.6 Å². The number of aliphatic imine (C=N–C) groups is 1. The van der Waals surface area contributed by atoms with E-state index in [1.54, 1.807) is 18.3 Å². The maximum atomic E-state index is 13.1. The molecule has 0 saturated carbocycles. The number of anilines is 1. The molecular formula is C21H18ClFN4O. The molecule has 0 aliphatic rings. The lowest BCUT2D eigenvalue weighted by Gasteiger charge is -2.14. The molecule has 7 heteroatoms. The molecule has 1 amide bonds. The Morgan fingerprint density at radius 1 is 1.11 bits per heavy atom. The van der Waals surface area contributed by atoms with E-state index in [0.717, 1.165) is 11.3 Å². The van der Waals surface area contributed by atoms with Crippen LogP contribution in [0.25, 0.3) is 0 Å². The third-order valence-electron chi connectivity index (χ3n) is 3.98. The molecular weight excluding hydrogens is 379 g/mol. The molecule has 0 fully saturated rings. The van der Waals surface area contributed by atoms with Crippen LogP contribution in [0.5, 0.6) is 0 Å². The Morgan fingerprint density at radius 3 is 2.61 bits per heavy atom. The first-order chi connectivity index (χ1) is 13.5. The van der Waals surface area contributed by atoms with Gasteiger partial charge in [-0.25, -0.2) is 9.38 Å². The number of amides is 1. The molecule has 1 aromatic heterocycles. The van der Waals surface area contributed by atoms with Gasteiger partial charge >= 0.3 is 0 Å². The summed E-state index contributed by atoms with van der Waals surface area (Å²) in [6, 6.07) is 16.2. The fourth-order valence-corrected chi connectivity index (χ4v) is 2.59. The minimum Gasteiger partial charge on any atom is -0.326 e. The molecule has 28 heavy (non-hydrogen) atoms. The van der Waals surface area contributed by atoms with Gasteiger partial charge in [-0.2, -0.15) is 0 Å². The van der Waals surface area contributed by atoms with Crippen LogP contribution in [0.15, 0.2) is 71.9 Å². The molecule has 1 heterocycles. The molecule has 0 aliphatic carbocycles. The van der Waals surface area contributed by atoms with Crippen molar-refractivity contribution in [2.75, 3.05) is 5.32 Å². The SMILES string of the molecule is Cc1c(Cl)cccc1NC(=NCc1ccccn1)NC(=O)c1ccc(F)cc1. The van der Waals surface area contributed by atoms with Crippen molar-refractivity contribution in [3.05, 3.63) is 94.5 Å². The van der Waals surface area contributed by atoms with Crippen LogP contribution in [-0.2, 0) is 6.54 Å². The third kappa shape index (κ3) is 5.14. The average molecular weight is 397 g/mol. The van der Waals surface area contributed by atoms with Gasteiger partial charge in [-0.1, -0.05) is 23.7 Å². The lowest BCUT2D eigenvalue weighted by atomic mass is 10.2. The first kappa shape index (κ1) is 19.5. The molecule has 0 bridgehead atoms. The molecule has 3 aromatic rings. The van der Waals surface area contributed by atoms with Crippen molar-refractivity contribution in [3.63, 3.8) is 0 Å². The summed E-state index contributed by atoms with van der Waals surface area (Å²) in [5, 5.41) is 6.42. The van der Waals surface area contributed by atoms with Crippen molar-refractivity contribution in [2.45, 2.75) is 13.5 Å². The number of guanidine groups is 1. The van der Waals surface area contributed by atoms with Gasteiger partial charge in [-0.15, -0.1) is 0 Å². The summed E-state index contributed by atoms with van der Waals surface area (Å²) < 4.78 is 13.1. The highest BCUT2D eigenvalue weighted by molar-refractivity contribution is 6.31. The summed E-state index contributed by atoms with van der Waals surface area (Å²) in [5.41, 5.74) is 2.61. The topological polar surface area (TPSA) is 66.4 Å². The van der Waals surface area contributed by atoms with E-state index < -0.39 is 11.7 Å². The second-order valence-electron chi connectivity index (χ2n) is 5.98. The fraction of sp³-hybridized carbons (Fsp3) is 0.0952. The molecule has 0 unspecified atom stereocenters. The number of hydrogen-bond acceptors (Lipinski definition) is 3. The minimum atomic E-state index is -0.410. The van der Waals surface area contributed by atoms with Crippen molar-refractivity contribution in [1.29, 1.82) is 0 Å². The Balaban J connectivity index is 1.84. The number of halogens is 2. The molecule has 0 radical (unpaired) electrons. The van der Waals surface area contributed by atoms with Gasteiger partial charge in [-0.05, 0) is 61.0 Å². The van der Waals surface area contributed by atoms with Gasteiger partial charge in [0, 0.05) is 22.5 Å². The second-order valence-corrected chi connectivity index (χ2v) is 6.39. The molecule has 2 aromatic carbocycles. The highest BCUT2D eigenvalue weighted by Gasteiger charge is 2.11. The first-order valence-corrected chi connectivity index (χ1v) is 8.94. The number of pyridine rings is 1. The molecule has 0 spiro atoms. The molecule has 0 saturated heterocycles. The highest BCUT2D eigenvalue weighted by atomic mass is 35.5. The van der Waals surface area contributed by atoms with E-state index in [0.29, 0.717) is 16.3 Å². The summed E-state index contributed by atoms with van der Waals surface area (Å²) in [4.78, 5) is 21.2. The van der Waals surface area contributed by atoms with Crippen LogP contribution in [0.3, 0.4) is 0 Å². The van der Waals surface area contributed by atoms with Gasteiger partial charge in [0.05, 0.1) is 12.2 Å². The van der Waals surface area contributed by atoms with E-state index in [1.165, 1.54) is 24.3 Å². The average Bonchev–Trinajstić information content (AvgIpc) is 2.71. The van der Waals surface area contributed by atoms with Crippen molar-refractivity contribution in [1.82, 2.24) is 10.3 Å². The fourth-order valence-electron chi connectivity index (χ4n) is 2.41. The van der Waals surface area contributed by atoms with E-state index in [4.69, 9.17) is 11.6 Å². The summed E-state index contributed by atoms with van der Waals surface area (Å²) in [7, 11) is 0. The normalized spacial score (nSPS) is 11.2. The van der Waals surface area contributed by atoms with Crippen molar-refractivity contribution in [3.8, 4) is 0 Å². The zero-order chi connectivity index (χ0) is 19.9. The number of nitrogens with zero attached hydrogens (tertiary/aromatic N) is 2. The Bertz CT molecular complexity index is 991. The maximum Gasteiger partial charge on any atom is 0.257 e. The van der Waals surface area contributed by atoms with E-state index in [9.17, 15) is 9.18 Å². The number of hydrogen-bond donors (Lipinski definition) is 2. The van der Waals surface area contributed by atoms with Gasteiger partial charge in [0.1, 0.15) is 5.82 Å². The second kappa shape index (κ2) is 9.10. The zero-order valence-corrected chi connectivity index (χ0v) is 15.9. The van der Waals surface area contributed by atoms with Crippen LogP contribution in [0.1, 0.15) is 21.6 Å². The Labute approximate surface area is 167 Å². The largest absolute Gasteiger partial charge is 0.326 e. The van der Waals surface area contributed by atoms with E-state index >= 15 is 0 Å². The predicted octanol–water partition coefficient (Wildman–Crippen LogP) is 4.58. The van der Waals surface area contributed by atoms with Crippen molar-refractivity contribution < 1.29 is 9.18 Å². The smallest absolute Gasteiger partial charge is 0.257 e. The maximum absolute atomic E-state index is 13.1. The van der Waals surface area contributed by atoms with Crippen molar-refractivity contribution in [2.24, 2.45) is 4.99 Å². The van der Waals surface area contributed by atoms with Crippen LogP contribution in [-0.4, -0.2) is 16.9 Å². The molecule has 5 nitrogen and oxygen atoms in total. The summed E-state index contributed by atoms with van der Waals surface area (Å²) >= 11 is 6.17. The van der Waals surface area contributed by atoms with Crippen molar-refractivity contribution >= 4 is 29.2 Å². The number of carbonyl (C=O) groups is 1. The van der Waals surface area contributed by atoms with Gasteiger partial charge < -0.3 is 5.32 Å². The Kier molecular flexibility index (Phi) is 6.34.